The van der Waals surface area contributed by atoms with E-state index in [9.17, 15) is 9.90 Å². The van der Waals surface area contributed by atoms with E-state index < -0.39 is 6.10 Å². The van der Waals surface area contributed by atoms with Crippen LogP contribution >= 0.6 is 0 Å². The second-order valence-corrected chi connectivity index (χ2v) is 3.40. The van der Waals surface area contributed by atoms with Gasteiger partial charge in [-0.25, -0.2) is 0 Å². The van der Waals surface area contributed by atoms with Crippen molar-refractivity contribution in [2.75, 3.05) is 20.2 Å². The molecule has 0 bridgehead atoms. The summed E-state index contributed by atoms with van der Waals surface area (Å²) in [4.78, 5) is 11.7. The molecule has 1 atom stereocenters. The van der Waals surface area contributed by atoms with Crippen LogP contribution in [0.1, 0.15) is 17.3 Å². The zero-order valence-corrected chi connectivity index (χ0v) is 9.56. The van der Waals surface area contributed by atoms with Gasteiger partial charge in [0.15, 0.2) is 5.78 Å². The predicted octanol–water partition coefficient (Wildman–Crippen LogP) is 0.848. The number of hydrogen-bond acceptors (Lipinski definition) is 4. The monoisotopic (exact) mass is 223 g/mol. The van der Waals surface area contributed by atoms with Crippen molar-refractivity contribution in [3.05, 3.63) is 29.8 Å². The molecule has 0 saturated heterocycles. The molecular formula is C12H17NO3. The van der Waals surface area contributed by atoms with Crippen molar-refractivity contribution in [1.82, 2.24) is 5.32 Å². The number of ketones is 1. The van der Waals surface area contributed by atoms with Gasteiger partial charge in [0.25, 0.3) is 0 Å². The third-order valence-corrected chi connectivity index (χ3v) is 2.15. The first-order chi connectivity index (χ1) is 7.69. The Balaban J connectivity index is 2.69. The molecule has 0 radical (unpaired) electrons. The minimum absolute atomic E-state index is 0.256. The highest BCUT2D eigenvalue weighted by atomic mass is 16.5. The quantitative estimate of drug-likeness (QED) is 0.702. The molecule has 1 unspecified atom stereocenters. The number of nitrogens with one attached hydrogen (secondary N) is 1. The van der Waals surface area contributed by atoms with Crippen molar-refractivity contribution < 1.29 is 14.6 Å². The molecular weight excluding hydrogens is 206 g/mol. The molecule has 0 spiro atoms. The van der Waals surface area contributed by atoms with Crippen molar-refractivity contribution in [1.29, 1.82) is 0 Å². The van der Waals surface area contributed by atoms with Gasteiger partial charge in [0.1, 0.15) is 11.9 Å². The van der Waals surface area contributed by atoms with Gasteiger partial charge in [0, 0.05) is 12.1 Å². The second kappa shape index (κ2) is 6.25. The standard InChI is InChI=1S/C12H17NO3/c1-3-16-10-6-4-9(5-7-10)12(15)11(14)8-13-2/h4-7,11,13-14H,3,8H2,1-2H3. The molecule has 0 amide bonds. The first-order valence-corrected chi connectivity index (χ1v) is 5.28. The van der Waals surface area contributed by atoms with Crippen LogP contribution in [0.25, 0.3) is 0 Å². The Kier molecular flexibility index (Phi) is 4.95. The number of aliphatic hydroxyl groups is 1. The van der Waals surface area contributed by atoms with Crippen LogP contribution in [0.15, 0.2) is 24.3 Å². The fourth-order valence-corrected chi connectivity index (χ4v) is 1.36. The van der Waals surface area contributed by atoms with Gasteiger partial charge in [0.2, 0.25) is 0 Å². The Morgan fingerprint density at radius 1 is 1.44 bits per heavy atom. The Hall–Kier alpha value is -1.39. The normalized spacial score (nSPS) is 12.2. The molecule has 16 heavy (non-hydrogen) atoms. The Labute approximate surface area is 95.2 Å². The lowest BCUT2D eigenvalue weighted by atomic mass is 10.1. The van der Waals surface area contributed by atoms with Gasteiger partial charge in [-0.2, -0.15) is 0 Å². The number of likely N-dealkylation sites (N-methyl/N-ethyl adjacent to an activating group) is 1. The van der Waals surface area contributed by atoms with Crippen LogP contribution in [0.3, 0.4) is 0 Å². The number of Topliss-reactive ketones (excluding diaryl/α,β-unsaturated/α-hetero) is 1. The van der Waals surface area contributed by atoms with Gasteiger partial charge in [-0.1, -0.05) is 0 Å². The average molecular weight is 223 g/mol. The van der Waals surface area contributed by atoms with Gasteiger partial charge in [-0.15, -0.1) is 0 Å². The molecule has 0 fully saturated rings. The van der Waals surface area contributed by atoms with Crippen LogP contribution in [0.5, 0.6) is 5.75 Å². The number of carbonyl (C=O) groups is 1. The van der Waals surface area contributed by atoms with Gasteiger partial charge in [0.05, 0.1) is 6.61 Å². The molecule has 88 valence electrons. The van der Waals surface area contributed by atoms with Crippen molar-refractivity contribution in [3.8, 4) is 5.75 Å². The molecule has 0 saturated carbocycles. The zero-order chi connectivity index (χ0) is 12.0. The molecule has 0 aliphatic carbocycles. The Morgan fingerprint density at radius 2 is 2.06 bits per heavy atom. The van der Waals surface area contributed by atoms with Gasteiger partial charge < -0.3 is 15.2 Å². The van der Waals surface area contributed by atoms with E-state index in [-0.39, 0.29) is 12.3 Å². The number of carbonyl (C=O) groups excluding carboxylic acids is 1. The molecule has 1 aromatic carbocycles. The Bertz CT molecular complexity index is 335. The smallest absolute Gasteiger partial charge is 0.192 e. The molecule has 4 heteroatoms. The summed E-state index contributed by atoms with van der Waals surface area (Å²) in [5.74, 6) is 0.444. The van der Waals surface area contributed by atoms with E-state index >= 15 is 0 Å². The summed E-state index contributed by atoms with van der Waals surface area (Å²) in [5.41, 5.74) is 0.492. The van der Waals surface area contributed by atoms with E-state index in [0.717, 1.165) is 5.75 Å². The highest BCUT2D eigenvalue weighted by molar-refractivity contribution is 5.99. The molecule has 0 heterocycles. The third-order valence-electron chi connectivity index (χ3n) is 2.15. The average Bonchev–Trinajstić information content (AvgIpc) is 2.30. The summed E-state index contributed by atoms with van der Waals surface area (Å²) < 4.78 is 5.26. The number of ether oxygens (including phenoxy) is 1. The molecule has 2 N–H and O–H groups in total. The lowest BCUT2D eigenvalue weighted by Crippen LogP contribution is -2.31. The fourth-order valence-electron chi connectivity index (χ4n) is 1.36. The van der Waals surface area contributed by atoms with Crippen LogP contribution in [0, 0.1) is 0 Å². The van der Waals surface area contributed by atoms with Gasteiger partial charge in [-0.3, -0.25) is 4.79 Å². The minimum Gasteiger partial charge on any atom is -0.494 e. The summed E-state index contributed by atoms with van der Waals surface area (Å²) >= 11 is 0. The topological polar surface area (TPSA) is 58.6 Å². The molecule has 4 nitrogen and oxygen atoms in total. The molecule has 1 aromatic rings. The zero-order valence-electron chi connectivity index (χ0n) is 9.56. The predicted molar refractivity (Wildman–Crippen MR) is 61.9 cm³/mol. The summed E-state index contributed by atoms with van der Waals surface area (Å²) in [6, 6.07) is 6.77. The van der Waals surface area contributed by atoms with Crippen molar-refractivity contribution in [2.45, 2.75) is 13.0 Å². The first-order valence-electron chi connectivity index (χ1n) is 5.28. The number of benzene rings is 1. The lowest BCUT2D eigenvalue weighted by molar-refractivity contribution is 0.0750. The van der Waals surface area contributed by atoms with E-state index in [0.29, 0.717) is 12.2 Å². The van der Waals surface area contributed by atoms with Crippen LogP contribution in [0.4, 0.5) is 0 Å². The van der Waals surface area contributed by atoms with E-state index in [1.807, 2.05) is 6.92 Å². The minimum atomic E-state index is -0.997. The number of rotatable bonds is 6. The van der Waals surface area contributed by atoms with E-state index in [2.05, 4.69) is 5.32 Å². The van der Waals surface area contributed by atoms with Crippen molar-refractivity contribution in [2.24, 2.45) is 0 Å². The highest BCUT2D eigenvalue weighted by Crippen LogP contribution is 2.13. The van der Waals surface area contributed by atoms with E-state index in [1.165, 1.54) is 0 Å². The maximum atomic E-state index is 11.7. The van der Waals surface area contributed by atoms with Gasteiger partial charge in [-0.05, 0) is 38.2 Å². The fraction of sp³-hybridized carbons (Fsp3) is 0.417. The van der Waals surface area contributed by atoms with E-state index in [4.69, 9.17) is 4.74 Å². The third kappa shape index (κ3) is 3.32. The van der Waals surface area contributed by atoms with Crippen molar-refractivity contribution in [3.63, 3.8) is 0 Å². The largest absolute Gasteiger partial charge is 0.494 e. The summed E-state index contributed by atoms with van der Waals surface area (Å²) in [5, 5.41) is 12.3. The van der Waals surface area contributed by atoms with Crippen LogP contribution in [-0.4, -0.2) is 37.2 Å². The SMILES string of the molecule is CCOc1ccc(C(=O)C(O)CNC)cc1. The molecule has 0 aromatic heterocycles. The summed E-state index contributed by atoms with van der Waals surface area (Å²) in [6.45, 7) is 2.75. The highest BCUT2D eigenvalue weighted by Gasteiger charge is 2.15. The summed E-state index contributed by atoms with van der Waals surface area (Å²) in [7, 11) is 1.69. The van der Waals surface area contributed by atoms with Crippen molar-refractivity contribution >= 4 is 5.78 Å². The first kappa shape index (κ1) is 12.7. The van der Waals surface area contributed by atoms with E-state index in [1.54, 1.807) is 31.3 Å². The molecule has 0 aliphatic heterocycles. The number of hydrogen-bond donors (Lipinski definition) is 2. The maximum Gasteiger partial charge on any atom is 0.192 e. The van der Waals surface area contributed by atoms with Crippen LogP contribution < -0.4 is 10.1 Å². The van der Waals surface area contributed by atoms with Gasteiger partial charge >= 0.3 is 0 Å². The molecule has 0 aliphatic rings. The molecule has 1 rings (SSSR count). The summed E-state index contributed by atoms with van der Waals surface area (Å²) in [6.07, 6.45) is -0.997. The lowest BCUT2D eigenvalue weighted by Gasteiger charge is -2.09. The number of aliphatic hydroxyl groups excluding tert-OH is 1. The van der Waals surface area contributed by atoms with Crippen LogP contribution in [0.2, 0.25) is 0 Å². The maximum absolute atomic E-state index is 11.7. The van der Waals surface area contributed by atoms with Crippen LogP contribution in [-0.2, 0) is 0 Å². The Morgan fingerprint density at radius 3 is 2.56 bits per heavy atom. The second-order valence-electron chi connectivity index (χ2n) is 3.40.